The van der Waals surface area contributed by atoms with Crippen molar-refractivity contribution < 1.29 is 4.39 Å². The first-order valence-corrected chi connectivity index (χ1v) is 6.45. The summed E-state index contributed by atoms with van der Waals surface area (Å²) in [4.78, 5) is 2.18. The fourth-order valence-corrected chi connectivity index (χ4v) is 2.13. The van der Waals surface area contributed by atoms with Crippen molar-refractivity contribution in [3.8, 4) is 0 Å². The highest BCUT2D eigenvalue weighted by atomic mass is 19.1. The minimum Gasteiger partial charge on any atom is -0.398 e. The molecule has 0 heterocycles. The standard InChI is InChI=1S/C16H19FN2/c1-3-19(15-6-4-5-12(2)9-15)11-13-10-14(17)7-8-16(13)18/h4-10H,3,11,18H2,1-2H3. The van der Waals surface area contributed by atoms with Gasteiger partial charge < -0.3 is 10.6 Å². The summed E-state index contributed by atoms with van der Waals surface area (Å²) in [5.41, 5.74) is 9.70. The van der Waals surface area contributed by atoms with Gasteiger partial charge in [-0.2, -0.15) is 0 Å². The SMILES string of the molecule is CCN(Cc1cc(F)ccc1N)c1cccc(C)c1. The Hall–Kier alpha value is -2.03. The molecule has 0 bridgehead atoms. The summed E-state index contributed by atoms with van der Waals surface area (Å²) in [6.07, 6.45) is 0. The second-order valence-electron chi connectivity index (χ2n) is 4.70. The van der Waals surface area contributed by atoms with Crippen LogP contribution in [-0.2, 0) is 6.54 Å². The number of benzene rings is 2. The van der Waals surface area contributed by atoms with E-state index in [9.17, 15) is 4.39 Å². The summed E-state index contributed by atoms with van der Waals surface area (Å²) in [6, 6.07) is 12.8. The Morgan fingerprint density at radius 1 is 1.16 bits per heavy atom. The van der Waals surface area contributed by atoms with E-state index in [2.05, 4.69) is 36.9 Å². The largest absolute Gasteiger partial charge is 0.398 e. The zero-order valence-electron chi connectivity index (χ0n) is 11.4. The van der Waals surface area contributed by atoms with Crippen molar-refractivity contribution in [1.29, 1.82) is 0 Å². The number of hydrogen-bond acceptors (Lipinski definition) is 2. The van der Waals surface area contributed by atoms with Crippen LogP contribution in [0.25, 0.3) is 0 Å². The number of aryl methyl sites for hydroxylation is 1. The van der Waals surface area contributed by atoms with Gasteiger partial charge in [-0.1, -0.05) is 12.1 Å². The van der Waals surface area contributed by atoms with Gasteiger partial charge in [0, 0.05) is 24.5 Å². The molecule has 100 valence electrons. The van der Waals surface area contributed by atoms with Crippen LogP contribution in [-0.4, -0.2) is 6.54 Å². The maximum atomic E-state index is 13.3. The summed E-state index contributed by atoms with van der Waals surface area (Å²) in [7, 11) is 0. The Morgan fingerprint density at radius 2 is 1.95 bits per heavy atom. The molecule has 0 spiro atoms. The Kier molecular flexibility index (Phi) is 4.05. The first-order chi connectivity index (χ1) is 9.10. The normalized spacial score (nSPS) is 10.5. The van der Waals surface area contributed by atoms with E-state index < -0.39 is 0 Å². The van der Waals surface area contributed by atoms with Gasteiger partial charge in [0.2, 0.25) is 0 Å². The lowest BCUT2D eigenvalue weighted by Crippen LogP contribution is -2.22. The summed E-state index contributed by atoms with van der Waals surface area (Å²) >= 11 is 0. The predicted octanol–water partition coefficient (Wildman–Crippen LogP) is 3.74. The second kappa shape index (κ2) is 5.74. The Balaban J connectivity index is 2.26. The van der Waals surface area contributed by atoms with Gasteiger partial charge in [-0.15, -0.1) is 0 Å². The predicted molar refractivity (Wildman–Crippen MR) is 78.7 cm³/mol. The molecule has 0 unspecified atom stereocenters. The van der Waals surface area contributed by atoms with E-state index in [-0.39, 0.29) is 5.82 Å². The third-order valence-electron chi connectivity index (χ3n) is 3.21. The minimum atomic E-state index is -0.246. The third kappa shape index (κ3) is 3.25. The number of hydrogen-bond donors (Lipinski definition) is 1. The van der Waals surface area contributed by atoms with Crippen LogP contribution in [0.5, 0.6) is 0 Å². The van der Waals surface area contributed by atoms with Gasteiger partial charge in [-0.3, -0.25) is 0 Å². The molecule has 0 aliphatic rings. The topological polar surface area (TPSA) is 29.3 Å². The van der Waals surface area contributed by atoms with Crippen LogP contribution < -0.4 is 10.6 Å². The van der Waals surface area contributed by atoms with Crippen molar-refractivity contribution in [3.05, 3.63) is 59.4 Å². The van der Waals surface area contributed by atoms with Gasteiger partial charge in [-0.05, 0) is 55.3 Å². The van der Waals surface area contributed by atoms with E-state index in [0.717, 1.165) is 17.8 Å². The zero-order chi connectivity index (χ0) is 13.8. The molecule has 0 aromatic heterocycles. The van der Waals surface area contributed by atoms with E-state index in [1.165, 1.54) is 17.7 Å². The van der Waals surface area contributed by atoms with Crippen molar-refractivity contribution in [2.75, 3.05) is 17.2 Å². The van der Waals surface area contributed by atoms with Crippen LogP contribution in [0.15, 0.2) is 42.5 Å². The van der Waals surface area contributed by atoms with E-state index >= 15 is 0 Å². The van der Waals surface area contributed by atoms with Gasteiger partial charge in [0.25, 0.3) is 0 Å². The smallest absolute Gasteiger partial charge is 0.123 e. The average Bonchev–Trinajstić information content (AvgIpc) is 2.39. The molecule has 0 radical (unpaired) electrons. The van der Waals surface area contributed by atoms with E-state index in [4.69, 9.17) is 5.73 Å². The molecule has 0 atom stereocenters. The molecule has 2 rings (SSSR count). The molecule has 3 heteroatoms. The lowest BCUT2D eigenvalue weighted by molar-refractivity contribution is 0.625. The van der Waals surface area contributed by atoms with Gasteiger partial charge in [0.15, 0.2) is 0 Å². The highest BCUT2D eigenvalue weighted by molar-refractivity contribution is 5.53. The molecular formula is C16H19FN2. The van der Waals surface area contributed by atoms with Crippen LogP contribution >= 0.6 is 0 Å². The molecule has 0 saturated heterocycles. The molecule has 2 aromatic rings. The molecule has 0 saturated carbocycles. The fourth-order valence-electron chi connectivity index (χ4n) is 2.13. The van der Waals surface area contributed by atoms with Gasteiger partial charge >= 0.3 is 0 Å². The van der Waals surface area contributed by atoms with Gasteiger partial charge in [0.05, 0.1) is 0 Å². The monoisotopic (exact) mass is 258 g/mol. The molecular weight excluding hydrogens is 239 g/mol. The van der Waals surface area contributed by atoms with Crippen LogP contribution in [0.4, 0.5) is 15.8 Å². The van der Waals surface area contributed by atoms with Crippen LogP contribution in [0.2, 0.25) is 0 Å². The van der Waals surface area contributed by atoms with Crippen molar-refractivity contribution >= 4 is 11.4 Å². The van der Waals surface area contributed by atoms with Gasteiger partial charge in [-0.25, -0.2) is 4.39 Å². The molecule has 0 amide bonds. The maximum Gasteiger partial charge on any atom is 0.123 e. The van der Waals surface area contributed by atoms with Crippen molar-refractivity contribution in [2.24, 2.45) is 0 Å². The summed E-state index contributed by atoms with van der Waals surface area (Å²) < 4.78 is 13.3. The Bertz CT molecular complexity index is 566. The zero-order valence-corrected chi connectivity index (χ0v) is 11.4. The number of nitrogens with two attached hydrogens (primary N) is 1. The Morgan fingerprint density at radius 3 is 2.63 bits per heavy atom. The van der Waals surface area contributed by atoms with Crippen molar-refractivity contribution in [1.82, 2.24) is 0 Å². The highest BCUT2D eigenvalue weighted by Crippen LogP contribution is 2.21. The van der Waals surface area contributed by atoms with E-state index in [1.807, 2.05) is 6.07 Å². The van der Waals surface area contributed by atoms with Crippen LogP contribution in [0.3, 0.4) is 0 Å². The van der Waals surface area contributed by atoms with E-state index in [1.54, 1.807) is 6.07 Å². The molecule has 2 aromatic carbocycles. The lowest BCUT2D eigenvalue weighted by Gasteiger charge is -2.24. The molecule has 2 N–H and O–H groups in total. The molecule has 0 aliphatic carbocycles. The third-order valence-corrected chi connectivity index (χ3v) is 3.21. The van der Waals surface area contributed by atoms with Crippen molar-refractivity contribution in [3.63, 3.8) is 0 Å². The number of rotatable bonds is 4. The number of anilines is 2. The quantitative estimate of drug-likeness (QED) is 0.846. The number of nitrogens with zero attached hydrogens (tertiary/aromatic N) is 1. The lowest BCUT2D eigenvalue weighted by atomic mass is 10.1. The van der Waals surface area contributed by atoms with Crippen LogP contribution in [0, 0.1) is 12.7 Å². The molecule has 19 heavy (non-hydrogen) atoms. The van der Waals surface area contributed by atoms with Crippen molar-refractivity contribution in [2.45, 2.75) is 20.4 Å². The number of halogens is 1. The minimum absolute atomic E-state index is 0.246. The molecule has 0 fully saturated rings. The first kappa shape index (κ1) is 13.4. The fraction of sp³-hybridized carbons (Fsp3) is 0.250. The maximum absolute atomic E-state index is 13.3. The summed E-state index contributed by atoms with van der Waals surface area (Å²) in [6.45, 7) is 5.61. The first-order valence-electron chi connectivity index (χ1n) is 6.45. The molecule has 0 aliphatic heterocycles. The number of nitrogen functional groups attached to an aromatic ring is 1. The van der Waals surface area contributed by atoms with E-state index in [0.29, 0.717) is 12.2 Å². The average molecular weight is 258 g/mol. The second-order valence-corrected chi connectivity index (χ2v) is 4.70. The summed E-state index contributed by atoms with van der Waals surface area (Å²) in [5.74, 6) is -0.246. The summed E-state index contributed by atoms with van der Waals surface area (Å²) in [5, 5.41) is 0. The highest BCUT2D eigenvalue weighted by Gasteiger charge is 2.08. The van der Waals surface area contributed by atoms with Crippen LogP contribution in [0.1, 0.15) is 18.1 Å². The van der Waals surface area contributed by atoms with Gasteiger partial charge in [0.1, 0.15) is 5.82 Å². The molecule has 2 nitrogen and oxygen atoms in total. The Labute approximate surface area is 113 Å².